The van der Waals surface area contributed by atoms with E-state index in [1.807, 2.05) is 0 Å². The summed E-state index contributed by atoms with van der Waals surface area (Å²) in [5.74, 6) is -2.07. The van der Waals surface area contributed by atoms with Gasteiger partial charge < -0.3 is 10.4 Å². The number of carboxylic acids is 1. The molecule has 0 saturated heterocycles. The Morgan fingerprint density at radius 2 is 2.08 bits per heavy atom. The Labute approximate surface area is 71.3 Å². The van der Waals surface area contributed by atoms with Gasteiger partial charge in [0.05, 0.1) is 5.92 Å². The summed E-state index contributed by atoms with van der Waals surface area (Å²) < 4.78 is 0. The third-order valence-corrected chi connectivity index (χ3v) is 1.56. The summed E-state index contributed by atoms with van der Waals surface area (Å²) in [6.45, 7) is 5.10. The molecule has 0 aromatic heterocycles. The van der Waals surface area contributed by atoms with Gasteiger partial charge in [0.25, 0.3) is 0 Å². The third kappa shape index (κ3) is 3.18. The molecule has 12 heavy (non-hydrogen) atoms. The van der Waals surface area contributed by atoms with Crippen molar-refractivity contribution in [1.82, 2.24) is 5.32 Å². The van der Waals surface area contributed by atoms with Crippen LogP contribution in [-0.2, 0) is 9.59 Å². The largest absolute Gasteiger partial charge is 0.481 e. The smallest absolute Gasteiger partial charge is 0.311 e. The molecule has 0 rings (SSSR count). The van der Waals surface area contributed by atoms with E-state index in [-0.39, 0.29) is 12.3 Å². The number of amides is 1. The second kappa shape index (κ2) is 4.54. The van der Waals surface area contributed by atoms with Crippen molar-refractivity contribution in [3.05, 3.63) is 12.2 Å². The standard InChI is InChI=1S/C8H13NO3/c1-5(2)6(8(11)12)4-7(10)9-3/h6H,1,4H2,2-3H3,(H,9,10)(H,11,12). The summed E-state index contributed by atoms with van der Waals surface area (Å²) >= 11 is 0. The molecule has 0 saturated carbocycles. The lowest BCUT2D eigenvalue weighted by Gasteiger charge is -2.09. The number of carboxylic acid groups (broad SMARTS) is 1. The van der Waals surface area contributed by atoms with E-state index >= 15 is 0 Å². The quantitative estimate of drug-likeness (QED) is 0.602. The second-order valence-electron chi connectivity index (χ2n) is 2.61. The monoisotopic (exact) mass is 171 g/mol. The predicted molar refractivity (Wildman–Crippen MR) is 44.6 cm³/mol. The van der Waals surface area contributed by atoms with Crippen molar-refractivity contribution < 1.29 is 14.7 Å². The summed E-state index contributed by atoms with van der Waals surface area (Å²) in [6, 6.07) is 0. The lowest BCUT2D eigenvalue weighted by molar-refractivity contribution is -0.142. The number of hydrogen-bond donors (Lipinski definition) is 2. The van der Waals surface area contributed by atoms with Crippen molar-refractivity contribution in [1.29, 1.82) is 0 Å². The highest BCUT2D eigenvalue weighted by atomic mass is 16.4. The number of aliphatic carboxylic acids is 1. The molecule has 4 nitrogen and oxygen atoms in total. The zero-order valence-electron chi connectivity index (χ0n) is 7.26. The number of hydrogen-bond acceptors (Lipinski definition) is 2. The highest BCUT2D eigenvalue weighted by Crippen LogP contribution is 2.12. The van der Waals surface area contributed by atoms with Gasteiger partial charge in [-0.25, -0.2) is 0 Å². The summed E-state index contributed by atoms with van der Waals surface area (Å²) in [5.41, 5.74) is 0.492. The zero-order chi connectivity index (χ0) is 9.72. The van der Waals surface area contributed by atoms with E-state index in [0.29, 0.717) is 5.57 Å². The maximum atomic E-state index is 10.8. The Balaban J connectivity index is 4.24. The molecule has 0 aliphatic carbocycles. The van der Waals surface area contributed by atoms with Gasteiger partial charge in [-0.05, 0) is 6.92 Å². The van der Waals surface area contributed by atoms with Gasteiger partial charge in [0, 0.05) is 13.5 Å². The van der Waals surface area contributed by atoms with E-state index < -0.39 is 11.9 Å². The highest BCUT2D eigenvalue weighted by Gasteiger charge is 2.20. The average Bonchev–Trinajstić information content (AvgIpc) is 1.98. The zero-order valence-corrected chi connectivity index (χ0v) is 7.26. The molecular formula is C8H13NO3. The SMILES string of the molecule is C=C(C)C(CC(=O)NC)C(=O)O. The fourth-order valence-electron chi connectivity index (χ4n) is 0.760. The number of rotatable bonds is 4. The molecule has 0 radical (unpaired) electrons. The number of nitrogens with one attached hydrogen (secondary N) is 1. The van der Waals surface area contributed by atoms with Gasteiger partial charge in [-0.2, -0.15) is 0 Å². The van der Waals surface area contributed by atoms with E-state index in [9.17, 15) is 9.59 Å². The van der Waals surface area contributed by atoms with Crippen LogP contribution >= 0.6 is 0 Å². The van der Waals surface area contributed by atoms with Crippen molar-refractivity contribution in [2.24, 2.45) is 5.92 Å². The fourth-order valence-corrected chi connectivity index (χ4v) is 0.760. The minimum Gasteiger partial charge on any atom is -0.481 e. The van der Waals surface area contributed by atoms with Crippen LogP contribution in [0.1, 0.15) is 13.3 Å². The van der Waals surface area contributed by atoms with Crippen LogP contribution in [0.2, 0.25) is 0 Å². The molecule has 0 aromatic rings. The number of carbonyl (C=O) groups is 2. The number of carbonyl (C=O) groups excluding carboxylic acids is 1. The van der Waals surface area contributed by atoms with E-state index in [1.165, 1.54) is 7.05 Å². The first-order valence-corrected chi connectivity index (χ1v) is 3.57. The minimum absolute atomic E-state index is 0.0405. The average molecular weight is 171 g/mol. The van der Waals surface area contributed by atoms with Gasteiger partial charge in [-0.3, -0.25) is 9.59 Å². The van der Waals surface area contributed by atoms with Crippen LogP contribution in [0, 0.1) is 5.92 Å². The van der Waals surface area contributed by atoms with E-state index in [1.54, 1.807) is 6.92 Å². The first-order chi connectivity index (χ1) is 5.49. The molecule has 4 heteroatoms. The Morgan fingerprint density at radius 3 is 2.33 bits per heavy atom. The summed E-state index contributed by atoms with van der Waals surface area (Å²) in [6.07, 6.45) is -0.0405. The summed E-state index contributed by atoms with van der Waals surface area (Å²) in [4.78, 5) is 21.4. The van der Waals surface area contributed by atoms with Gasteiger partial charge in [0.1, 0.15) is 0 Å². The van der Waals surface area contributed by atoms with Crippen LogP contribution in [0.15, 0.2) is 12.2 Å². The van der Waals surface area contributed by atoms with Crippen LogP contribution in [0.25, 0.3) is 0 Å². The molecule has 0 heterocycles. The molecule has 68 valence electrons. The molecule has 0 fully saturated rings. The Bertz CT molecular complexity index is 196. The first-order valence-electron chi connectivity index (χ1n) is 3.57. The second-order valence-corrected chi connectivity index (χ2v) is 2.61. The maximum Gasteiger partial charge on any atom is 0.311 e. The predicted octanol–water partition coefficient (Wildman–Crippen LogP) is 0.399. The van der Waals surface area contributed by atoms with Crippen LogP contribution in [0.3, 0.4) is 0 Å². The van der Waals surface area contributed by atoms with Crippen LogP contribution in [0.5, 0.6) is 0 Å². The van der Waals surface area contributed by atoms with Gasteiger partial charge in [-0.1, -0.05) is 12.2 Å². The Kier molecular flexibility index (Phi) is 4.04. The van der Waals surface area contributed by atoms with Crippen LogP contribution in [0.4, 0.5) is 0 Å². The fraction of sp³-hybridized carbons (Fsp3) is 0.500. The molecule has 0 bridgehead atoms. The molecule has 0 aromatic carbocycles. The van der Waals surface area contributed by atoms with Gasteiger partial charge >= 0.3 is 5.97 Å². The normalized spacial score (nSPS) is 11.8. The van der Waals surface area contributed by atoms with E-state index in [2.05, 4.69) is 11.9 Å². The summed E-state index contributed by atoms with van der Waals surface area (Å²) in [7, 11) is 1.47. The van der Waals surface area contributed by atoms with E-state index in [4.69, 9.17) is 5.11 Å². The van der Waals surface area contributed by atoms with Crippen molar-refractivity contribution in [2.75, 3.05) is 7.05 Å². The molecule has 0 aliphatic rings. The molecule has 0 spiro atoms. The van der Waals surface area contributed by atoms with Crippen molar-refractivity contribution in [3.8, 4) is 0 Å². The summed E-state index contributed by atoms with van der Waals surface area (Å²) in [5, 5.41) is 11.0. The Hall–Kier alpha value is -1.32. The van der Waals surface area contributed by atoms with Crippen molar-refractivity contribution >= 4 is 11.9 Å². The van der Waals surface area contributed by atoms with Crippen LogP contribution < -0.4 is 5.32 Å². The van der Waals surface area contributed by atoms with Crippen molar-refractivity contribution in [2.45, 2.75) is 13.3 Å². The van der Waals surface area contributed by atoms with Gasteiger partial charge in [-0.15, -0.1) is 0 Å². The highest BCUT2D eigenvalue weighted by molar-refractivity contribution is 5.83. The molecule has 2 N–H and O–H groups in total. The molecule has 0 aliphatic heterocycles. The first kappa shape index (κ1) is 10.7. The third-order valence-electron chi connectivity index (χ3n) is 1.56. The molecule has 1 unspecified atom stereocenters. The Morgan fingerprint density at radius 1 is 1.58 bits per heavy atom. The maximum absolute atomic E-state index is 10.8. The lowest BCUT2D eigenvalue weighted by atomic mass is 9.98. The van der Waals surface area contributed by atoms with Gasteiger partial charge in [0.15, 0.2) is 0 Å². The molecule has 1 atom stereocenters. The van der Waals surface area contributed by atoms with Crippen LogP contribution in [-0.4, -0.2) is 24.0 Å². The van der Waals surface area contributed by atoms with E-state index in [0.717, 1.165) is 0 Å². The molecule has 1 amide bonds. The topological polar surface area (TPSA) is 66.4 Å². The molecular weight excluding hydrogens is 158 g/mol. The lowest BCUT2D eigenvalue weighted by Crippen LogP contribution is -2.25. The van der Waals surface area contributed by atoms with Gasteiger partial charge in [0.2, 0.25) is 5.91 Å². The minimum atomic E-state index is -1.01. The van der Waals surface area contributed by atoms with Crippen molar-refractivity contribution in [3.63, 3.8) is 0 Å².